The van der Waals surface area contributed by atoms with Gasteiger partial charge in [-0.3, -0.25) is 4.79 Å². The van der Waals surface area contributed by atoms with Gasteiger partial charge in [-0.2, -0.15) is 0 Å². The molecule has 0 spiro atoms. The Balaban J connectivity index is 2.00. The van der Waals surface area contributed by atoms with Gasteiger partial charge in [-0.15, -0.1) is 0 Å². The van der Waals surface area contributed by atoms with Crippen molar-refractivity contribution in [2.45, 2.75) is 45.1 Å². The molecule has 0 aromatic heterocycles. The molecular weight excluding hydrogens is 254 g/mol. The molecule has 0 radical (unpaired) electrons. The monoisotopic (exact) mass is 277 g/mol. The molecule has 1 aromatic rings. The van der Waals surface area contributed by atoms with Gasteiger partial charge in [0.1, 0.15) is 5.75 Å². The van der Waals surface area contributed by atoms with Crippen molar-refractivity contribution in [2.75, 3.05) is 13.7 Å². The van der Waals surface area contributed by atoms with Gasteiger partial charge in [-0.1, -0.05) is 13.0 Å². The van der Waals surface area contributed by atoms with Crippen molar-refractivity contribution in [2.24, 2.45) is 0 Å². The molecule has 0 saturated heterocycles. The highest BCUT2D eigenvalue weighted by Gasteiger charge is 2.31. The van der Waals surface area contributed by atoms with Crippen LogP contribution in [0.4, 0.5) is 0 Å². The second kappa shape index (κ2) is 6.27. The van der Waals surface area contributed by atoms with Gasteiger partial charge in [0.05, 0.1) is 7.11 Å². The number of nitrogens with one attached hydrogen (secondary N) is 1. The molecule has 4 nitrogen and oxygen atoms in total. The molecule has 20 heavy (non-hydrogen) atoms. The molecule has 0 heterocycles. The quantitative estimate of drug-likeness (QED) is 0.642. The van der Waals surface area contributed by atoms with E-state index in [1.807, 2.05) is 6.07 Å². The number of ether oxygens (including phenoxy) is 1. The van der Waals surface area contributed by atoms with Gasteiger partial charge in [0.2, 0.25) is 0 Å². The third kappa shape index (κ3) is 2.96. The Morgan fingerprint density at radius 3 is 2.90 bits per heavy atom. The van der Waals surface area contributed by atoms with Crippen LogP contribution < -0.4 is 5.32 Å². The van der Waals surface area contributed by atoms with Gasteiger partial charge in [0.15, 0.2) is 0 Å². The fourth-order valence-corrected chi connectivity index (χ4v) is 3.14. The number of esters is 1. The average molecular weight is 277 g/mol. The van der Waals surface area contributed by atoms with E-state index in [4.69, 9.17) is 0 Å². The number of fused-ring (bicyclic) bond motifs is 1. The molecule has 110 valence electrons. The zero-order valence-corrected chi connectivity index (χ0v) is 12.4. The van der Waals surface area contributed by atoms with E-state index in [2.05, 4.69) is 23.9 Å². The molecule has 1 aliphatic carbocycles. The Morgan fingerprint density at radius 2 is 2.20 bits per heavy atom. The van der Waals surface area contributed by atoms with Gasteiger partial charge >= 0.3 is 5.97 Å². The maximum Gasteiger partial charge on any atom is 0.305 e. The van der Waals surface area contributed by atoms with Crippen molar-refractivity contribution in [3.63, 3.8) is 0 Å². The third-order valence-electron chi connectivity index (χ3n) is 4.09. The van der Waals surface area contributed by atoms with Crippen molar-refractivity contribution in [1.82, 2.24) is 5.32 Å². The molecule has 0 saturated carbocycles. The summed E-state index contributed by atoms with van der Waals surface area (Å²) in [6, 6.07) is 3.93. The van der Waals surface area contributed by atoms with E-state index in [0.29, 0.717) is 18.1 Å². The summed E-state index contributed by atoms with van der Waals surface area (Å²) in [7, 11) is 1.41. The van der Waals surface area contributed by atoms with Crippen molar-refractivity contribution in [1.29, 1.82) is 0 Å². The molecule has 0 fully saturated rings. The summed E-state index contributed by atoms with van der Waals surface area (Å²) in [6.45, 7) is 5.04. The van der Waals surface area contributed by atoms with E-state index in [1.54, 1.807) is 6.07 Å². The third-order valence-corrected chi connectivity index (χ3v) is 4.09. The van der Waals surface area contributed by atoms with Crippen LogP contribution in [0.5, 0.6) is 5.75 Å². The Labute approximate surface area is 120 Å². The zero-order valence-electron chi connectivity index (χ0n) is 12.4. The maximum absolute atomic E-state index is 11.1. The number of carbonyl (C=O) groups excluding carboxylic acids is 1. The van der Waals surface area contributed by atoms with Crippen LogP contribution in [-0.4, -0.2) is 24.7 Å². The first-order valence-electron chi connectivity index (χ1n) is 7.17. The van der Waals surface area contributed by atoms with Crippen LogP contribution in [0.3, 0.4) is 0 Å². The molecule has 2 N–H and O–H groups in total. The van der Waals surface area contributed by atoms with Crippen molar-refractivity contribution < 1.29 is 14.6 Å². The van der Waals surface area contributed by atoms with Crippen LogP contribution in [0.1, 0.15) is 54.8 Å². The SMILES string of the molecule is COC(=O)CCCNC1CC(C)c2c(C)ccc(O)c21. The number of phenolic OH excluding ortho intramolecular Hbond substituents is 1. The molecule has 2 unspecified atom stereocenters. The molecular formula is C16H23NO3. The van der Waals surface area contributed by atoms with Gasteiger partial charge in [-0.25, -0.2) is 0 Å². The lowest BCUT2D eigenvalue weighted by atomic mass is 9.97. The number of aromatic hydroxyl groups is 1. The molecule has 2 atom stereocenters. The van der Waals surface area contributed by atoms with Crippen molar-refractivity contribution >= 4 is 5.97 Å². The first-order chi connectivity index (χ1) is 9.54. The number of hydrogen-bond acceptors (Lipinski definition) is 4. The summed E-state index contributed by atoms with van der Waals surface area (Å²) >= 11 is 0. The number of methoxy groups -OCH3 is 1. The molecule has 0 aliphatic heterocycles. The summed E-state index contributed by atoms with van der Waals surface area (Å²) in [6.07, 6.45) is 2.17. The summed E-state index contributed by atoms with van der Waals surface area (Å²) in [4.78, 5) is 11.1. The van der Waals surface area contributed by atoms with Gasteiger partial charge in [-0.05, 0) is 49.4 Å². The lowest BCUT2D eigenvalue weighted by Gasteiger charge is -2.15. The molecule has 0 amide bonds. The van der Waals surface area contributed by atoms with E-state index >= 15 is 0 Å². The maximum atomic E-state index is 11.1. The number of rotatable bonds is 5. The van der Waals surface area contributed by atoms with E-state index in [-0.39, 0.29) is 12.0 Å². The molecule has 1 aliphatic rings. The summed E-state index contributed by atoms with van der Waals surface area (Å²) in [5, 5.41) is 13.6. The van der Waals surface area contributed by atoms with Gasteiger partial charge < -0.3 is 15.2 Å². The van der Waals surface area contributed by atoms with Gasteiger partial charge in [0.25, 0.3) is 0 Å². The zero-order chi connectivity index (χ0) is 14.7. The molecule has 1 aromatic carbocycles. The second-order valence-electron chi connectivity index (χ2n) is 5.55. The van der Waals surface area contributed by atoms with Crippen LogP contribution in [0.25, 0.3) is 0 Å². The minimum absolute atomic E-state index is 0.175. The fraction of sp³-hybridized carbons (Fsp3) is 0.562. The first kappa shape index (κ1) is 14.9. The summed E-state index contributed by atoms with van der Waals surface area (Å²) in [5.41, 5.74) is 3.55. The summed E-state index contributed by atoms with van der Waals surface area (Å²) < 4.78 is 4.62. The number of carbonyl (C=O) groups is 1. The number of phenols is 1. The highest BCUT2D eigenvalue weighted by molar-refractivity contribution is 5.69. The largest absolute Gasteiger partial charge is 0.508 e. The number of hydrogen-bond donors (Lipinski definition) is 2. The molecule has 0 bridgehead atoms. The van der Waals surface area contributed by atoms with Crippen molar-refractivity contribution in [3.05, 3.63) is 28.8 Å². The lowest BCUT2D eigenvalue weighted by molar-refractivity contribution is -0.140. The van der Waals surface area contributed by atoms with Crippen LogP contribution in [0, 0.1) is 6.92 Å². The van der Waals surface area contributed by atoms with E-state index in [0.717, 1.165) is 24.9 Å². The number of benzene rings is 1. The Hall–Kier alpha value is -1.55. The smallest absolute Gasteiger partial charge is 0.305 e. The minimum Gasteiger partial charge on any atom is -0.508 e. The second-order valence-corrected chi connectivity index (χ2v) is 5.55. The Morgan fingerprint density at radius 1 is 1.45 bits per heavy atom. The average Bonchev–Trinajstić information content (AvgIpc) is 2.77. The van der Waals surface area contributed by atoms with Crippen LogP contribution in [0.15, 0.2) is 12.1 Å². The number of aryl methyl sites for hydroxylation is 1. The standard InChI is InChI=1S/C16H23NO3/c1-10-6-7-13(18)16-12(9-11(2)15(10)16)17-8-4-5-14(19)20-3/h6-7,11-12,17-18H,4-5,8-9H2,1-3H3. The normalized spacial score (nSPS) is 20.8. The fourth-order valence-electron chi connectivity index (χ4n) is 3.14. The molecule has 4 heteroatoms. The van der Waals surface area contributed by atoms with Crippen LogP contribution in [0.2, 0.25) is 0 Å². The van der Waals surface area contributed by atoms with E-state index in [1.165, 1.54) is 18.2 Å². The highest BCUT2D eigenvalue weighted by Crippen LogP contribution is 2.45. The van der Waals surface area contributed by atoms with E-state index in [9.17, 15) is 9.90 Å². The topological polar surface area (TPSA) is 58.6 Å². The summed E-state index contributed by atoms with van der Waals surface area (Å²) in [5.74, 6) is 0.654. The first-order valence-corrected chi connectivity index (χ1v) is 7.17. The van der Waals surface area contributed by atoms with E-state index < -0.39 is 0 Å². The lowest BCUT2D eigenvalue weighted by Crippen LogP contribution is -2.21. The predicted molar refractivity (Wildman–Crippen MR) is 77.9 cm³/mol. The highest BCUT2D eigenvalue weighted by atomic mass is 16.5. The minimum atomic E-state index is -0.175. The Kier molecular flexibility index (Phi) is 4.65. The van der Waals surface area contributed by atoms with Crippen LogP contribution in [-0.2, 0) is 9.53 Å². The Bertz CT molecular complexity index is 499. The van der Waals surface area contributed by atoms with Crippen molar-refractivity contribution in [3.8, 4) is 5.75 Å². The molecule has 2 rings (SSSR count). The predicted octanol–water partition coefficient (Wildman–Crippen LogP) is 2.79. The van der Waals surface area contributed by atoms with Gasteiger partial charge in [0, 0.05) is 18.0 Å². The van der Waals surface area contributed by atoms with Crippen LogP contribution >= 0.6 is 0 Å².